The van der Waals surface area contributed by atoms with Crippen LogP contribution in [0.4, 0.5) is 9.93 Å². The molecule has 0 radical (unpaired) electrons. The molecular formula is C20H33N3O3S2. The lowest BCUT2D eigenvalue weighted by Gasteiger charge is -2.36. The molecule has 1 aromatic heterocycles. The second-order valence-electron chi connectivity index (χ2n) is 8.62. The highest BCUT2D eigenvalue weighted by Crippen LogP contribution is 2.37. The topological polar surface area (TPSA) is 82.5 Å². The van der Waals surface area contributed by atoms with Crippen LogP contribution < -0.4 is 5.32 Å². The molecule has 6 nitrogen and oxygen atoms in total. The Bertz CT molecular complexity index is 667. The molecule has 1 heterocycles. The fourth-order valence-electron chi connectivity index (χ4n) is 3.22. The van der Waals surface area contributed by atoms with Gasteiger partial charge in [-0.05, 0) is 57.8 Å². The fourth-order valence-corrected chi connectivity index (χ4v) is 5.49. The normalized spacial score (nSPS) is 20.2. The molecule has 2 amide bonds. The third-order valence-corrected chi connectivity index (χ3v) is 7.40. The van der Waals surface area contributed by atoms with Crippen molar-refractivity contribution in [2.75, 3.05) is 11.9 Å². The predicted molar refractivity (Wildman–Crippen MR) is 116 cm³/mol. The van der Waals surface area contributed by atoms with E-state index in [0.717, 1.165) is 35.9 Å². The summed E-state index contributed by atoms with van der Waals surface area (Å²) < 4.78 is -0.154. The van der Waals surface area contributed by atoms with Gasteiger partial charge in [-0.1, -0.05) is 43.9 Å². The van der Waals surface area contributed by atoms with Gasteiger partial charge in [0.1, 0.15) is 4.75 Å². The summed E-state index contributed by atoms with van der Waals surface area (Å²) in [7, 11) is 0. The van der Waals surface area contributed by atoms with Gasteiger partial charge in [-0.3, -0.25) is 10.1 Å². The van der Waals surface area contributed by atoms with Gasteiger partial charge in [0.25, 0.3) is 0 Å². The molecule has 8 heteroatoms. The van der Waals surface area contributed by atoms with Gasteiger partial charge in [-0.2, -0.15) is 0 Å². The number of nitrogens with one attached hydrogen (secondary N) is 1. The smallest absolute Gasteiger partial charge is 0.323 e. The van der Waals surface area contributed by atoms with Crippen molar-refractivity contribution >= 4 is 40.2 Å². The molecular weight excluding hydrogens is 394 g/mol. The number of urea groups is 1. The zero-order chi connectivity index (χ0) is 20.9. The van der Waals surface area contributed by atoms with Crippen LogP contribution in [0.25, 0.3) is 0 Å². The van der Waals surface area contributed by atoms with E-state index < -0.39 is 10.7 Å². The summed E-state index contributed by atoms with van der Waals surface area (Å²) in [6.45, 7) is 10.7. The minimum Gasteiger partial charge on any atom is -0.480 e. The lowest BCUT2D eigenvalue weighted by molar-refractivity contribution is -0.138. The third kappa shape index (κ3) is 6.65. The van der Waals surface area contributed by atoms with Gasteiger partial charge in [0.15, 0.2) is 5.13 Å². The van der Waals surface area contributed by atoms with Gasteiger partial charge in [-0.15, -0.1) is 0 Å². The highest BCUT2D eigenvalue weighted by molar-refractivity contribution is 8.03. The van der Waals surface area contributed by atoms with E-state index in [1.54, 1.807) is 20.0 Å². The first kappa shape index (κ1) is 23.0. The van der Waals surface area contributed by atoms with Gasteiger partial charge in [0.2, 0.25) is 0 Å². The molecule has 0 unspecified atom stereocenters. The number of rotatable bonds is 8. The van der Waals surface area contributed by atoms with Gasteiger partial charge in [0.05, 0.1) is 10.4 Å². The van der Waals surface area contributed by atoms with Crippen molar-refractivity contribution in [2.45, 2.75) is 81.7 Å². The first-order valence-electron chi connectivity index (χ1n) is 10.0. The van der Waals surface area contributed by atoms with Crippen molar-refractivity contribution < 1.29 is 14.7 Å². The molecule has 0 aliphatic heterocycles. The second kappa shape index (κ2) is 9.96. The molecule has 28 heavy (non-hydrogen) atoms. The Hall–Kier alpha value is -1.28. The molecule has 1 aliphatic rings. The Morgan fingerprint density at radius 2 is 2.00 bits per heavy atom. The Balaban J connectivity index is 2.03. The van der Waals surface area contributed by atoms with Crippen molar-refractivity contribution in [1.29, 1.82) is 0 Å². The molecule has 1 saturated carbocycles. The van der Waals surface area contributed by atoms with Crippen molar-refractivity contribution in [1.82, 2.24) is 9.88 Å². The molecule has 1 fully saturated rings. The summed E-state index contributed by atoms with van der Waals surface area (Å²) >= 11 is 2.57. The molecule has 1 aromatic rings. The standard InChI is InChI=1S/C20H33N3O3S2/c1-13(2)10-11-23(15-8-6-14(3)7-9-15)19(26)22-18-21-12-16(27-18)28-20(4,5)17(24)25/h12-15H,6-11H2,1-5H3,(H,24,25)(H,21,22,26). The number of carbonyl (C=O) groups excluding carboxylic acids is 1. The lowest BCUT2D eigenvalue weighted by atomic mass is 9.86. The van der Waals surface area contributed by atoms with Crippen LogP contribution in [0.2, 0.25) is 0 Å². The second-order valence-corrected chi connectivity index (χ2v) is 11.6. The Morgan fingerprint density at radius 1 is 1.36 bits per heavy atom. The third-order valence-electron chi connectivity index (χ3n) is 5.20. The minimum absolute atomic E-state index is 0.0939. The number of thiazole rings is 1. The van der Waals surface area contributed by atoms with Crippen LogP contribution in [-0.4, -0.2) is 44.3 Å². The van der Waals surface area contributed by atoms with Crippen molar-refractivity contribution in [3.05, 3.63) is 6.20 Å². The quantitative estimate of drug-likeness (QED) is 0.531. The fraction of sp³-hybridized carbons (Fsp3) is 0.750. The van der Waals surface area contributed by atoms with Crippen LogP contribution >= 0.6 is 23.1 Å². The highest BCUT2D eigenvalue weighted by Gasteiger charge is 2.30. The van der Waals surface area contributed by atoms with Crippen molar-refractivity contribution in [3.63, 3.8) is 0 Å². The zero-order valence-corrected chi connectivity index (χ0v) is 19.2. The molecule has 0 bridgehead atoms. The largest absolute Gasteiger partial charge is 0.480 e. The summed E-state index contributed by atoms with van der Waals surface area (Å²) in [5.74, 6) is 0.407. The predicted octanol–water partition coefficient (Wildman–Crippen LogP) is 5.56. The number of aliphatic carboxylic acids is 1. The number of hydrogen-bond acceptors (Lipinski definition) is 5. The maximum Gasteiger partial charge on any atom is 0.323 e. The van der Waals surface area contributed by atoms with E-state index in [2.05, 4.69) is 31.1 Å². The maximum atomic E-state index is 13.0. The minimum atomic E-state index is -0.935. The van der Waals surface area contributed by atoms with E-state index in [-0.39, 0.29) is 12.1 Å². The monoisotopic (exact) mass is 427 g/mol. The van der Waals surface area contributed by atoms with Crippen LogP contribution in [0.3, 0.4) is 0 Å². The number of thioether (sulfide) groups is 1. The summed E-state index contributed by atoms with van der Waals surface area (Å²) in [6, 6.07) is 0.193. The van der Waals surface area contributed by atoms with Crippen LogP contribution in [0.15, 0.2) is 10.4 Å². The van der Waals surface area contributed by atoms with E-state index in [1.165, 1.54) is 35.9 Å². The van der Waals surface area contributed by atoms with Gasteiger partial charge in [-0.25, -0.2) is 9.78 Å². The first-order chi connectivity index (χ1) is 13.1. The molecule has 0 atom stereocenters. The number of nitrogens with zero attached hydrogens (tertiary/aromatic N) is 2. The summed E-state index contributed by atoms with van der Waals surface area (Å²) in [4.78, 5) is 30.6. The molecule has 0 aromatic carbocycles. The summed E-state index contributed by atoms with van der Waals surface area (Å²) in [5.41, 5.74) is 0. The van der Waals surface area contributed by atoms with Crippen molar-refractivity contribution in [2.24, 2.45) is 11.8 Å². The van der Waals surface area contributed by atoms with Crippen LogP contribution in [0.5, 0.6) is 0 Å². The van der Waals surface area contributed by atoms with Crippen LogP contribution in [0, 0.1) is 11.8 Å². The number of aromatic nitrogens is 1. The molecule has 2 N–H and O–H groups in total. The Morgan fingerprint density at radius 3 is 2.57 bits per heavy atom. The van der Waals surface area contributed by atoms with Crippen LogP contribution in [-0.2, 0) is 4.79 Å². The Kier molecular flexibility index (Phi) is 8.18. The van der Waals surface area contributed by atoms with Crippen molar-refractivity contribution in [3.8, 4) is 0 Å². The van der Waals surface area contributed by atoms with E-state index in [9.17, 15) is 14.7 Å². The first-order valence-corrected chi connectivity index (χ1v) is 11.7. The number of carboxylic acid groups (broad SMARTS) is 1. The zero-order valence-electron chi connectivity index (χ0n) is 17.5. The number of anilines is 1. The molecule has 158 valence electrons. The van der Waals surface area contributed by atoms with E-state index in [4.69, 9.17) is 0 Å². The number of amides is 2. The van der Waals surface area contributed by atoms with E-state index in [1.807, 2.05) is 4.90 Å². The average Bonchev–Trinajstić information content (AvgIpc) is 3.02. The summed E-state index contributed by atoms with van der Waals surface area (Å²) in [5, 5.41) is 12.7. The van der Waals surface area contributed by atoms with E-state index >= 15 is 0 Å². The SMILES string of the molecule is CC(C)CCN(C(=O)Nc1ncc(SC(C)(C)C(=O)O)s1)C1CCC(C)CC1. The number of hydrogen-bond donors (Lipinski definition) is 2. The molecule has 2 rings (SSSR count). The number of carboxylic acids is 1. The lowest BCUT2D eigenvalue weighted by Crippen LogP contribution is -2.45. The molecule has 0 saturated heterocycles. The maximum absolute atomic E-state index is 13.0. The van der Waals surface area contributed by atoms with Gasteiger partial charge in [0, 0.05) is 12.6 Å². The van der Waals surface area contributed by atoms with Gasteiger partial charge < -0.3 is 10.0 Å². The van der Waals surface area contributed by atoms with Gasteiger partial charge >= 0.3 is 12.0 Å². The average molecular weight is 428 g/mol. The van der Waals surface area contributed by atoms with E-state index in [0.29, 0.717) is 11.0 Å². The van der Waals surface area contributed by atoms with Crippen LogP contribution in [0.1, 0.15) is 66.7 Å². The highest BCUT2D eigenvalue weighted by atomic mass is 32.2. The summed E-state index contributed by atoms with van der Waals surface area (Å²) in [6.07, 6.45) is 7.05. The molecule has 0 spiro atoms. The number of carbonyl (C=O) groups is 2. The Labute approximate surface area is 176 Å². The molecule has 1 aliphatic carbocycles.